The predicted octanol–water partition coefficient (Wildman–Crippen LogP) is 2.10. The Morgan fingerprint density at radius 3 is 2.08 bits per heavy atom. The number of aliphatic carboxylic acids is 1. The average molecular weight is 182 g/mol. The number of carbonyl (C=O) groups is 1. The summed E-state index contributed by atoms with van der Waals surface area (Å²) < 4.78 is 0. The summed E-state index contributed by atoms with van der Waals surface area (Å²) in [5.74, 6) is -0.449. The fourth-order valence-electron chi connectivity index (χ4n) is 0.719. The van der Waals surface area contributed by atoms with Crippen LogP contribution in [-0.4, -0.2) is 16.2 Å². The first kappa shape index (κ1) is 11.5. The Labute approximate surface area is 77.6 Å². The highest BCUT2D eigenvalue weighted by molar-refractivity contribution is 5.62. The first-order chi connectivity index (χ1) is 5.93. The minimum absolute atomic E-state index is 0.384. The molecule has 0 atom stereocenters. The van der Waals surface area contributed by atoms with Crippen LogP contribution in [0.3, 0.4) is 0 Å². The lowest BCUT2D eigenvalue weighted by molar-refractivity contribution is -0.134. The third-order valence-electron chi connectivity index (χ3n) is 1.36. The van der Waals surface area contributed by atoms with Crippen LogP contribution in [-0.2, 0) is 4.79 Å². The van der Waals surface area contributed by atoms with Gasteiger partial charge in [0.15, 0.2) is 0 Å². The smallest absolute Gasteiger partial charge is 0.300 e. The summed E-state index contributed by atoms with van der Waals surface area (Å²) in [5.41, 5.74) is 2.03. The van der Waals surface area contributed by atoms with E-state index in [4.69, 9.17) is 15.0 Å². The number of hydrogen-bond acceptors (Lipinski definition) is 2. The molecule has 0 radical (unpaired) electrons. The lowest BCUT2D eigenvalue weighted by Crippen LogP contribution is -1.78. The van der Waals surface area contributed by atoms with Gasteiger partial charge in [0, 0.05) is 6.92 Å². The van der Waals surface area contributed by atoms with Crippen molar-refractivity contribution in [3.8, 4) is 5.75 Å². The molecule has 2 N–H and O–H groups in total. The first-order valence-corrected chi connectivity index (χ1v) is 3.89. The van der Waals surface area contributed by atoms with Gasteiger partial charge in [0.1, 0.15) is 5.75 Å². The van der Waals surface area contributed by atoms with Crippen LogP contribution < -0.4 is 0 Å². The van der Waals surface area contributed by atoms with Gasteiger partial charge in [0.05, 0.1) is 0 Å². The lowest BCUT2D eigenvalue weighted by Gasteiger charge is -1.97. The van der Waals surface area contributed by atoms with E-state index in [0.717, 1.165) is 18.1 Å². The van der Waals surface area contributed by atoms with Crippen molar-refractivity contribution in [2.24, 2.45) is 0 Å². The Morgan fingerprint density at radius 1 is 1.31 bits per heavy atom. The largest absolute Gasteiger partial charge is 0.508 e. The van der Waals surface area contributed by atoms with Crippen molar-refractivity contribution in [3.05, 3.63) is 29.3 Å². The number of aromatic hydroxyl groups is 1. The molecule has 0 unspecified atom stereocenters. The van der Waals surface area contributed by atoms with Crippen LogP contribution in [0.2, 0.25) is 0 Å². The molecule has 0 bridgehead atoms. The van der Waals surface area contributed by atoms with Crippen LogP contribution >= 0.6 is 0 Å². The number of phenolic OH excluding ortho intramolecular Hbond substituents is 1. The highest BCUT2D eigenvalue weighted by Crippen LogP contribution is 2.15. The normalized spacial score (nSPS) is 8.54. The summed E-state index contributed by atoms with van der Waals surface area (Å²) in [6.45, 7) is 4.92. The Hall–Kier alpha value is -1.51. The third-order valence-corrected chi connectivity index (χ3v) is 1.36. The maximum absolute atomic E-state index is 9.10. The van der Waals surface area contributed by atoms with Crippen molar-refractivity contribution in [1.82, 2.24) is 0 Å². The van der Waals surface area contributed by atoms with Crippen molar-refractivity contribution >= 4 is 5.97 Å². The van der Waals surface area contributed by atoms with Gasteiger partial charge in [-0.3, -0.25) is 4.79 Å². The minimum Gasteiger partial charge on any atom is -0.508 e. The summed E-state index contributed by atoms with van der Waals surface area (Å²) in [6, 6.07) is 5.65. The third kappa shape index (κ3) is 5.73. The second-order valence-corrected chi connectivity index (χ2v) is 2.81. The predicted molar refractivity (Wildman–Crippen MR) is 50.9 cm³/mol. The summed E-state index contributed by atoms with van der Waals surface area (Å²) >= 11 is 0. The lowest BCUT2D eigenvalue weighted by atomic mass is 10.1. The van der Waals surface area contributed by atoms with Gasteiger partial charge in [-0.1, -0.05) is 12.1 Å². The van der Waals surface area contributed by atoms with Gasteiger partial charge in [0.25, 0.3) is 5.97 Å². The van der Waals surface area contributed by atoms with E-state index in [1.807, 2.05) is 26.0 Å². The molecular formula is C10H14O3. The van der Waals surface area contributed by atoms with Gasteiger partial charge in [-0.05, 0) is 31.0 Å². The Morgan fingerprint density at radius 2 is 1.77 bits per heavy atom. The van der Waals surface area contributed by atoms with Crippen molar-refractivity contribution in [1.29, 1.82) is 0 Å². The zero-order chi connectivity index (χ0) is 10.4. The summed E-state index contributed by atoms with van der Waals surface area (Å²) in [5, 5.41) is 16.5. The molecule has 1 rings (SSSR count). The van der Waals surface area contributed by atoms with Crippen LogP contribution in [0.25, 0.3) is 0 Å². The molecule has 0 fully saturated rings. The second-order valence-electron chi connectivity index (χ2n) is 2.81. The average Bonchev–Trinajstić information content (AvgIpc) is 1.96. The molecular weight excluding hydrogens is 168 g/mol. The molecule has 72 valence electrons. The van der Waals surface area contributed by atoms with E-state index in [2.05, 4.69) is 0 Å². The van der Waals surface area contributed by atoms with E-state index in [9.17, 15) is 0 Å². The number of aryl methyl sites for hydroxylation is 2. The monoisotopic (exact) mass is 182 g/mol. The van der Waals surface area contributed by atoms with Crippen LogP contribution in [0.4, 0.5) is 0 Å². The molecule has 0 aliphatic carbocycles. The Balaban J connectivity index is 0.000000310. The number of hydrogen-bond donors (Lipinski definition) is 2. The summed E-state index contributed by atoms with van der Waals surface area (Å²) in [4.78, 5) is 9.00. The molecule has 0 amide bonds. The highest BCUT2D eigenvalue weighted by atomic mass is 16.4. The number of carboxylic acid groups (broad SMARTS) is 1. The highest BCUT2D eigenvalue weighted by Gasteiger charge is 1.91. The molecule has 0 aromatic heterocycles. The minimum atomic E-state index is -0.833. The van der Waals surface area contributed by atoms with Crippen LogP contribution in [0.1, 0.15) is 18.1 Å². The van der Waals surface area contributed by atoms with Crippen LogP contribution in [0.5, 0.6) is 5.75 Å². The zero-order valence-electron chi connectivity index (χ0n) is 8.03. The van der Waals surface area contributed by atoms with Gasteiger partial charge in [-0.25, -0.2) is 0 Å². The number of benzene rings is 1. The number of rotatable bonds is 0. The fourth-order valence-corrected chi connectivity index (χ4v) is 0.719. The number of phenols is 1. The molecule has 3 heteroatoms. The quantitative estimate of drug-likeness (QED) is 0.646. The van der Waals surface area contributed by atoms with E-state index >= 15 is 0 Å². The maximum atomic E-state index is 9.10. The van der Waals surface area contributed by atoms with Crippen molar-refractivity contribution in [3.63, 3.8) is 0 Å². The SMILES string of the molecule is CC(=O)O.Cc1ccc(C)c(O)c1. The number of carboxylic acids is 1. The molecule has 0 saturated heterocycles. The first-order valence-electron chi connectivity index (χ1n) is 3.89. The van der Waals surface area contributed by atoms with Gasteiger partial charge in [-0.15, -0.1) is 0 Å². The van der Waals surface area contributed by atoms with Crippen molar-refractivity contribution in [2.75, 3.05) is 0 Å². The van der Waals surface area contributed by atoms with E-state index in [1.165, 1.54) is 0 Å². The molecule has 0 spiro atoms. The zero-order valence-corrected chi connectivity index (χ0v) is 8.03. The summed E-state index contributed by atoms with van der Waals surface area (Å²) in [6.07, 6.45) is 0. The van der Waals surface area contributed by atoms with Crippen molar-refractivity contribution < 1.29 is 15.0 Å². The molecule has 3 nitrogen and oxygen atoms in total. The molecule has 1 aromatic carbocycles. The molecule has 0 heterocycles. The molecule has 13 heavy (non-hydrogen) atoms. The molecule has 1 aromatic rings. The maximum Gasteiger partial charge on any atom is 0.300 e. The Kier molecular flexibility index (Phi) is 4.59. The molecule has 0 saturated carbocycles. The topological polar surface area (TPSA) is 57.5 Å². The van der Waals surface area contributed by atoms with E-state index in [0.29, 0.717) is 5.75 Å². The standard InChI is InChI=1S/C8H10O.C2H4O2/c1-6-3-4-7(2)8(9)5-6;1-2(3)4/h3-5,9H,1-2H3;1H3,(H,3,4). The van der Waals surface area contributed by atoms with Gasteiger partial charge in [0.2, 0.25) is 0 Å². The summed E-state index contributed by atoms with van der Waals surface area (Å²) in [7, 11) is 0. The molecule has 0 aliphatic rings. The Bertz CT molecular complexity index is 288. The van der Waals surface area contributed by atoms with Crippen molar-refractivity contribution in [2.45, 2.75) is 20.8 Å². The fraction of sp³-hybridized carbons (Fsp3) is 0.300. The van der Waals surface area contributed by atoms with E-state index in [-0.39, 0.29) is 0 Å². The van der Waals surface area contributed by atoms with Gasteiger partial charge >= 0.3 is 0 Å². The van der Waals surface area contributed by atoms with Gasteiger partial charge < -0.3 is 10.2 Å². The van der Waals surface area contributed by atoms with E-state index < -0.39 is 5.97 Å². The van der Waals surface area contributed by atoms with Crippen LogP contribution in [0.15, 0.2) is 18.2 Å². The van der Waals surface area contributed by atoms with E-state index in [1.54, 1.807) is 6.07 Å². The molecule has 0 aliphatic heterocycles. The second kappa shape index (κ2) is 5.19. The van der Waals surface area contributed by atoms with Gasteiger partial charge in [-0.2, -0.15) is 0 Å². The van der Waals surface area contributed by atoms with Crippen LogP contribution in [0, 0.1) is 13.8 Å².